The van der Waals surface area contributed by atoms with Gasteiger partial charge in [-0.2, -0.15) is 0 Å². The molecule has 1 aliphatic heterocycles. The Bertz CT molecular complexity index is 612. The standard InChI is InChI=1S/C16H18FNO4/c1-2-22-15(19)6-5-11-8-12-4-3-7-18(16(20)21)10-13(12)14(17)9-11/h5-6,8-9H,2-4,7,10H2,1H3,(H,20,21)/b6-5+. The van der Waals surface area contributed by atoms with E-state index in [2.05, 4.69) is 0 Å². The molecule has 1 aromatic carbocycles. The summed E-state index contributed by atoms with van der Waals surface area (Å²) in [4.78, 5) is 23.6. The molecule has 1 amide bonds. The van der Waals surface area contributed by atoms with Gasteiger partial charge in [0.2, 0.25) is 0 Å². The van der Waals surface area contributed by atoms with Crippen LogP contribution in [0.1, 0.15) is 30.0 Å². The van der Waals surface area contributed by atoms with Crippen molar-refractivity contribution in [2.24, 2.45) is 0 Å². The summed E-state index contributed by atoms with van der Waals surface area (Å²) in [7, 11) is 0. The van der Waals surface area contributed by atoms with Gasteiger partial charge >= 0.3 is 12.1 Å². The van der Waals surface area contributed by atoms with E-state index >= 15 is 0 Å². The minimum Gasteiger partial charge on any atom is -0.465 e. The van der Waals surface area contributed by atoms with Gasteiger partial charge in [0.05, 0.1) is 13.2 Å². The van der Waals surface area contributed by atoms with Crippen LogP contribution in [-0.2, 0) is 22.5 Å². The van der Waals surface area contributed by atoms with Crippen LogP contribution in [0.4, 0.5) is 9.18 Å². The third-order valence-electron chi connectivity index (χ3n) is 3.50. The van der Waals surface area contributed by atoms with Crippen molar-refractivity contribution in [3.63, 3.8) is 0 Å². The third-order valence-corrected chi connectivity index (χ3v) is 3.50. The van der Waals surface area contributed by atoms with Gasteiger partial charge in [0, 0.05) is 18.2 Å². The molecular formula is C16H18FNO4. The van der Waals surface area contributed by atoms with Crippen LogP contribution in [-0.4, -0.2) is 35.2 Å². The zero-order chi connectivity index (χ0) is 16.1. The molecule has 1 aromatic rings. The normalized spacial score (nSPS) is 14.5. The number of esters is 1. The van der Waals surface area contributed by atoms with Crippen molar-refractivity contribution < 1.29 is 23.8 Å². The molecule has 0 atom stereocenters. The Hall–Kier alpha value is -2.37. The van der Waals surface area contributed by atoms with Crippen LogP contribution < -0.4 is 0 Å². The van der Waals surface area contributed by atoms with Crippen molar-refractivity contribution in [2.75, 3.05) is 13.2 Å². The number of hydrogen-bond acceptors (Lipinski definition) is 3. The quantitative estimate of drug-likeness (QED) is 0.689. The first-order valence-corrected chi connectivity index (χ1v) is 7.15. The van der Waals surface area contributed by atoms with Crippen LogP contribution in [0.3, 0.4) is 0 Å². The summed E-state index contributed by atoms with van der Waals surface area (Å²) in [6.07, 6.45) is 2.96. The van der Waals surface area contributed by atoms with Gasteiger partial charge in [0.1, 0.15) is 5.82 Å². The Morgan fingerprint density at radius 3 is 2.91 bits per heavy atom. The molecule has 0 fully saturated rings. The Morgan fingerprint density at radius 1 is 1.45 bits per heavy atom. The number of rotatable bonds is 3. The number of nitrogens with zero attached hydrogens (tertiary/aromatic N) is 1. The van der Waals surface area contributed by atoms with E-state index in [0.717, 1.165) is 5.56 Å². The number of benzene rings is 1. The van der Waals surface area contributed by atoms with Crippen molar-refractivity contribution in [3.05, 3.63) is 40.7 Å². The number of carbonyl (C=O) groups excluding carboxylic acids is 1. The molecule has 118 valence electrons. The second kappa shape index (κ2) is 7.06. The molecule has 22 heavy (non-hydrogen) atoms. The van der Waals surface area contributed by atoms with E-state index in [9.17, 15) is 14.0 Å². The molecule has 1 N–H and O–H groups in total. The zero-order valence-electron chi connectivity index (χ0n) is 12.3. The number of carbonyl (C=O) groups is 2. The third kappa shape index (κ3) is 3.84. The van der Waals surface area contributed by atoms with E-state index in [-0.39, 0.29) is 13.2 Å². The number of halogens is 1. The maximum Gasteiger partial charge on any atom is 0.407 e. The molecule has 0 bridgehead atoms. The second-order valence-electron chi connectivity index (χ2n) is 5.03. The highest BCUT2D eigenvalue weighted by atomic mass is 19.1. The van der Waals surface area contributed by atoms with Crippen molar-refractivity contribution in [3.8, 4) is 0 Å². The summed E-state index contributed by atoms with van der Waals surface area (Å²) in [5.41, 5.74) is 1.76. The molecule has 0 saturated heterocycles. The first kappa shape index (κ1) is 16.0. The number of hydrogen-bond donors (Lipinski definition) is 1. The Kier molecular flexibility index (Phi) is 5.14. The lowest BCUT2D eigenvalue weighted by Gasteiger charge is -2.17. The van der Waals surface area contributed by atoms with Gasteiger partial charge in [-0.1, -0.05) is 6.07 Å². The van der Waals surface area contributed by atoms with Gasteiger partial charge in [-0.15, -0.1) is 0 Å². The van der Waals surface area contributed by atoms with Crippen LogP contribution in [0.15, 0.2) is 18.2 Å². The maximum atomic E-state index is 14.3. The van der Waals surface area contributed by atoms with Crippen molar-refractivity contribution in [1.82, 2.24) is 4.90 Å². The maximum absolute atomic E-state index is 14.3. The predicted molar refractivity (Wildman–Crippen MR) is 78.8 cm³/mol. The Morgan fingerprint density at radius 2 is 2.23 bits per heavy atom. The summed E-state index contributed by atoms with van der Waals surface area (Å²) in [5.74, 6) is -0.927. The fraction of sp³-hybridized carbons (Fsp3) is 0.375. The van der Waals surface area contributed by atoms with E-state index in [1.807, 2.05) is 0 Å². The lowest BCUT2D eigenvalue weighted by Crippen LogP contribution is -2.29. The number of aryl methyl sites for hydroxylation is 1. The minimum atomic E-state index is -1.04. The topological polar surface area (TPSA) is 66.8 Å². The van der Waals surface area contributed by atoms with Gasteiger partial charge < -0.3 is 14.7 Å². The molecule has 0 saturated carbocycles. The van der Waals surface area contributed by atoms with Crippen LogP contribution in [0.25, 0.3) is 6.08 Å². The molecule has 2 rings (SSSR count). The van der Waals surface area contributed by atoms with E-state index in [4.69, 9.17) is 9.84 Å². The highest BCUT2D eigenvalue weighted by Gasteiger charge is 2.21. The van der Waals surface area contributed by atoms with Gasteiger partial charge in [0.15, 0.2) is 0 Å². The molecule has 1 heterocycles. The minimum absolute atomic E-state index is 0.0539. The lowest BCUT2D eigenvalue weighted by molar-refractivity contribution is -0.137. The molecular weight excluding hydrogens is 289 g/mol. The largest absolute Gasteiger partial charge is 0.465 e. The zero-order valence-corrected chi connectivity index (χ0v) is 12.3. The fourth-order valence-corrected chi connectivity index (χ4v) is 2.46. The van der Waals surface area contributed by atoms with Crippen molar-refractivity contribution in [1.29, 1.82) is 0 Å². The Balaban J connectivity index is 2.25. The Labute approximate surface area is 128 Å². The average molecular weight is 307 g/mol. The summed E-state index contributed by atoms with van der Waals surface area (Å²) < 4.78 is 19.0. The first-order chi connectivity index (χ1) is 10.5. The predicted octanol–water partition coefficient (Wildman–Crippen LogP) is 2.83. The highest BCUT2D eigenvalue weighted by Crippen LogP contribution is 2.24. The van der Waals surface area contributed by atoms with E-state index in [1.54, 1.807) is 13.0 Å². The number of amides is 1. The number of fused-ring (bicyclic) bond motifs is 1. The molecule has 0 aromatic heterocycles. The molecule has 5 nitrogen and oxygen atoms in total. The molecule has 0 radical (unpaired) electrons. The summed E-state index contributed by atoms with van der Waals surface area (Å²) in [5, 5.41) is 9.07. The van der Waals surface area contributed by atoms with Crippen LogP contribution in [0, 0.1) is 5.82 Å². The number of ether oxygens (including phenoxy) is 1. The average Bonchev–Trinajstić information content (AvgIpc) is 2.68. The van der Waals surface area contributed by atoms with E-state index < -0.39 is 17.9 Å². The fourth-order valence-electron chi connectivity index (χ4n) is 2.46. The van der Waals surface area contributed by atoms with Gasteiger partial charge in [-0.05, 0) is 43.0 Å². The van der Waals surface area contributed by atoms with Crippen LogP contribution >= 0.6 is 0 Å². The number of carboxylic acid groups (broad SMARTS) is 1. The second-order valence-corrected chi connectivity index (χ2v) is 5.03. The summed E-state index contributed by atoms with van der Waals surface area (Å²) >= 11 is 0. The molecule has 1 aliphatic rings. The highest BCUT2D eigenvalue weighted by molar-refractivity contribution is 5.87. The monoisotopic (exact) mass is 307 g/mol. The van der Waals surface area contributed by atoms with Crippen molar-refractivity contribution in [2.45, 2.75) is 26.3 Å². The van der Waals surface area contributed by atoms with E-state index in [0.29, 0.717) is 30.5 Å². The molecule has 0 unspecified atom stereocenters. The molecule has 0 aliphatic carbocycles. The summed E-state index contributed by atoms with van der Waals surface area (Å²) in [6, 6.07) is 3.10. The molecule has 6 heteroatoms. The van der Waals surface area contributed by atoms with Gasteiger partial charge in [-0.25, -0.2) is 14.0 Å². The van der Waals surface area contributed by atoms with Crippen LogP contribution in [0.5, 0.6) is 0 Å². The first-order valence-electron chi connectivity index (χ1n) is 7.15. The van der Waals surface area contributed by atoms with E-state index in [1.165, 1.54) is 23.1 Å². The molecule has 0 spiro atoms. The smallest absolute Gasteiger partial charge is 0.407 e. The SMILES string of the molecule is CCOC(=O)/C=C/c1cc(F)c2c(c1)CCCN(C(=O)O)C2. The summed E-state index contributed by atoms with van der Waals surface area (Å²) in [6.45, 7) is 2.44. The van der Waals surface area contributed by atoms with Gasteiger partial charge in [-0.3, -0.25) is 0 Å². The lowest BCUT2D eigenvalue weighted by atomic mass is 10.00. The van der Waals surface area contributed by atoms with Gasteiger partial charge in [0.25, 0.3) is 0 Å². The van der Waals surface area contributed by atoms with Crippen molar-refractivity contribution >= 4 is 18.1 Å². The van der Waals surface area contributed by atoms with Crippen LogP contribution in [0.2, 0.25) is 0 Å².